The molecule has 32 heavy (non-hydrogen) atoms. The summed E-state index contributed by atoms with van der Waals surface area (Å²) in [4.78, 5) is 0. The molecule has 191 valence electrons. The maximum absolute atomic E-state index is 2.57. The van der Waals surface area contributed by atoms with Gasteiger partial charge in [0.25, 0.3) is 0 Å². The predicted octanol–water partition coefficient (Wildman–Crippen LogP) is 12.3. The standard InChI is InChI=1S/C32H63/c1-3-5-7-9-11-13-15-17-19-21-23-25-27-29-31-32-30-28-26-24-22-20-18-16-14-12-10-8-6-4-2/h17,19,30H,3-16,18,20-29,31-32H2,1-2H3/b19-17-. The molecule has 0 aromatic carbocycles. The molecule has 0 N–H and O–H groups in total. The van der Waals surface area contributed by atoms with Crippen LogP contribution in [0, 0.1) is 6.42 Å². The van der Waals surface area contributed by atoms with E-state index in [1.165, 1.54) is 173 Å². The van der Waals surface area contributed by atoms with Crippen LogP contribution in [0.1, 0.15) is 187 Å². The van der Waals surface area contributed by atoms with Crippen LogP contribution in [0.5, 0.6) is 0 Å². The highest BCUT2D eigenvalue weighted by Crippen LogP contribution is 2.15. The molecule has 0 unspecified atom stereocenters. The molecule has 0 aliphatic rings. The summed E-state index contributed by atoms with van der Waals surface area (Å²) in [6.45, 7) is 4.60. The first kappa shape index (κ1) is 31.7. The third-order valence-electron chi connectivity index (χ3n) is 6.93. The minimum atomic E-state index is 1.31. The van der Waals surface area contributed by atoms with Crippen molar-refractivity contribution in [2.75, 3.05) is 0 Å². The van der Waals surface area contributed by atoms with E-state index < -0.39 is 0 Å². The normalized spacial score (nSPS) is 11.7. The Morgan fingerprint density at radius 1 is 0.281 bits per heavy atom. The lowest BCUT2D eigenvalue weighted by Crippen LogP contribution is -1.84. The Bertz CT molecular complexity index is 329. The molecule has 0 aromatic heterocycles. The monoisotopic (exact) mass is 447 g/mol. The second-order valence-electron chi connectivity index (χ2n) is 10.3. The van der Waals surface area contributed by atoms with Crippen LogP contribution < -0.4 is 0 Å². The van der Waals surface area contributed by atoms with Crippen LogP contribution in [-0.2, 0) is 0 Å². The molecule has 0 fully saturated rings. The summed E-state index contributed by atoms with van der Waals surface area (Å²) in [7, 11) is 0. The summed E-state index contributed by atoms with van der Waals surface area (Å²) >= 11 is 0. The highest BCUT2D eigenvalue weighted by atomic mass is 14.0. The van der Waals surface area contributed by atoms with Gasteiger partial charge in [-0.15, -0.1) is 0 Å². The Morgan fingerprint density at radius 3 is 0.844 bits per heavy atom. The van der Waals surface area contributed by atoms with E-state index in [9.17, 15) is 0 Å². The molecular weight excluding hydrogens is 384 g/mol. The average Bonchev–Trinajstić information content (AvgIpc) is 2.81. The van der Waals surface area contributed by atoms with Gasteiger partial charge in [0.15, 0.2) is 0 Å². The van der Waals surface area contributed by atoms with Gasteiger partial charge >= 0.3 is 0 Å². The number of allylic oxidation sites excluding steroid dienone is 2. The van der Waals surface area contributed by atoms with Crippen molar-refractivity contribution in [2.24, 2.45) is 0 Å². The average molecular weight is 448 g/mol. The topological polar surface area (TPSA) is 0 Å². The van der Waals surface area contributed by atoms with Crippen molar-refractivity contribution in [1.82, 2.24) is 0 Å². The quantitative estimate of drug-likeness (QED) is 0.0826. The van der Waals surface area contributed by atoms with E-state index in [0.29, 0.717) is 0 Å². The fourth-order valence-corrected chi connectivity index (χ4v) is 4.63. The number of hydrogen-bond acceptors (Lipinski definition) is 0. The van der Waals surface area contributed by atoms with Crippen molar-refractivity contribution in [3.05, 3.63) is 18.6 Å². The summed E-state index contributed by atoms with van der Waals surface area (Å²) in [6, 6.07) is 0. The van der Waals surface area contributed by atoms with Gasteiger partial charge in [0.2, 0.25) is 0 Å². The van der Waals surface area contributed by atoms with Gasteiger partial charge in [-0.3, -0.25) is 0 Å². The molecule has 0 heteroatoms. The minimum Gasteiger partial charge on any atom is -0.0885 e. The SMILES string of the molecule is CCCCCCCC/C=C\CCCCCCC[CH]CCCCCCCCCCCCCC. The molecule has 0 rings (SSSR count). The fourth-order valence-electron chi connectivity index (χ4n) is 4.63. The Hall–Kier alpha value is -0.260. The third-order valence-corrected chi connectivity index (χ3v) is 6.93. The third kappa shape index (κ3) is 29.7. The van der Waals surface area contributed by atoms with Crippen molar-refractivity contribution in [2.45, 2.75) is 187 Å². The maximum Gasteiger partial charge on any atom is -0.0351 e. The van der Waals surface area contributed by atoms with Crippen LogP contribution in [-0.4, -0.2) is 0 Å². The summed E-state index contributed by atoms with van der Waals surface area (Å²) < 4.78 is 0. The predicted molar refractivity (Wildman–Crippen MR) is 149 cm³/mol. The molecule has 0 aliphatic heterocycles. The molecule has 1 radical (unpaired) electrons. The Labute approximate surface area is 205 Å². The van der Waals surface area contributed by atoms with Gasteiger partial charge in [-0.25, -0.2) is 0 Å². The summed E-state index contributed by atoms with van der Waals surface area (Å²) in [6.07, 6.45) is 45.9. The second kappa shape index (κ2) is 30.7. The first-order chi connectivity index (χ1) is 15.9. The van der Waals surface area contributed by atoms with E-state index >= 15 is 0 Å². The van der Waals surface area contributed by atoms with Gasteiger partial charge in [0.05, 0.1) is 0 Å². The molecule has 0 nitrogen and oxygen atoms in total. The zero-order chi connectivity index (χ0) is 23.2. The maximum atomic E-state index is 2.57. The van der Waals surface area contributed by atoms with Crippen LogP contribution in [0.3, 0.4) is 0 Å². The van der Waals surface area contributed by atoms with E-state index in [-0.39, 0.29) is 0 Å². The van der Waals surface area contributed by atoms with Crippen molar-refractivity contribution in [3.63, 3.8) is 0 Å². The summed E-state index contributed by atoms with van der Waals surface area (Å²) in [5, 5.41) is 0. The number of unbranched alkanes of at least 4 members (excludes halogenated alkanes) is 26. The molecule has 0 spiro atoms. The molecular formula is C32H63. The highest BCUT2D eigenvalue weighted by molar-refractivity contribution is 4.81. The Kier molecular flexibility index (Phi) is 30.5. The first-order valence-corrected chi connectivity index (χ1v) is 15.4. The van der Waals surface area contributed by atoms with Gasteiger partial charge < -0.3 is 0 Å². The lowest BCUT2D eigenvalue weighted by molar-refractivity contribution is 0.541. The van der Waals surface area contributed by atoms with Crippen LogP contribution >= 0.6 is 0 Å². The van der Waals surface area contributed by atoms with Crippen molar-refractivity contribution in [3.8, 4) is 0 Å². The molecule has 0 bridgehead atoms. The van der Waals surface area contributed by atoms with Gasteiger partial charge in [-0.05, 0) is 32.1 Å². The van der Waals surface area contributed by atoms with Gasteiger partial charge in [0, 0.05) is 0 Å². The summed E-state index contributed by atoms with van der Waals surface area (Å²) in [5.74, 6) is 0. The van der Waals surface area contributed by atoms with Gasteiger partial charge in [-0.2, -0.15) is 0 Å². The lowest BCUT2D eigenvalue weighted by Gasteiger charge is -2.03. The van der Waals surface area contributed by atoms with Crippen molar-refractivity contribution in [1.29, 1.82) is 0 Å². The van der Waals surface area contributed by atoms with Crippen LogP contribution in [0.4, 0.5) is 0 Å². The zero-order valence-corrected chi connectivity index (χ0v) is 22.8. The lowest BCUT2D eigenvalue weighted by atomic mass is 10.0. The minimum absolute atomic E-state index is 1.31. The molecule has 0 aromatic rings. The first-order valence-electron chi connectivity index (χ1n) is 15.4. The van der Waals surface area contributed by atoms with E-state index in [2.05, 4.69) is 32.4 Å². The highest BCUT2D eigenvalue weighted by Gasteiger charge is 1.95. The Morgan fingerprint density at radius 2 is 0.531 bits per heavy atom. The molecule has 0 aliphatic carbocycles. The van der Waals surface area contributed by atoms with E-state index in [1.54, 1.807) is 0 Å². The van der Waals surface area contributed by atoms with Crippen LogP contribution in [0.2, 0.25) is 0 Å². The smallest absolute Gasteiger partial charge is 0.0351 e. The summed E-state index contributed by atoms with van der Waals surface area (Å²) in [5.41, 5.74) is 0. The molecule has 0 saturated carbocycles. The number of rotatable bonds is 28. The van der Waals surface area contributed by atoms with Gasteiger partial charge in [-0.1, -0.05) is 174 Å². The van der Waals surface area contributed by atoms with Crippen LogP contribution in [0.15, 0.2) is 12.2 Å². The van der Waals surface area contributed by atoms with E-state index in [4.69, 9.17) is 0 Å². The fraction of sp³-hybridized carbons (Fsp3) is 0.906. The Balaban J connectivity index is 3.04. The zero-order valence-electron chi connectivity index (χ0n) is 22.8. The molecule has 0 heterocycles. The number of hydrogen-bond donors (Lipinski definition) is 0. The molecule has 0 saturated heterocycles. The van der Waals surface area contributed by atoms with E-state index in [0.717, 1.165) is 0 Å². The molecule has 0 atom stereocenters. The van der Waals surface area contributed by atoms with Crippen LogP contribution in [0.25, 0.3) is 0 Å². The van der Waals surface area contributed by atoms with Crippen molar-refractivity contribution < 1.29 is 0 Å². The van der Waals surface area contributed by atoms with E-state index in [1.807, 2.05) is 0 Å². The largest absolute Gasteiger partial charge is 0.0885 e. The second-order valence-corrected chi connectivity index (χ2v) is 10.3. The van der Waals surface area contributed by atoms with Gasteiger partial charge in [0.1, 0.15) is 0 Å². The molecule has 0 amide bonds. The van der Waals surface area contributed by atoms with Crippen molar-refractivity contribution >= 4 is 0 Å².